The van der Waals surface area contributed by atoms with Crippen LogP contribution in [0, 0.1) is 0 Å². The molecule has 0 saturated heterocycles. The SMILES string of the molecule is CSCOc1ccccc1Br. The first-order valence-electron chi connectivity index (χ1n) is 3.21. The van der Waals surface area contributed by atoms with Gasteiger partial charge in [-0.05, 0) is 34.3 Å². The van der Waals surface area contributed by atoms with E-state index in [1.54, 1.807) is 11.8 Å². The molecule has 1 rings (SSSR count). The van der Waals surface area contributed by atoms with Crippen molar-refractivity contribution in [3.05, 3.63) is 28.7 Å². The van der Waals surface area contributed by atoms with E-state index >= 15 is 0 Å². The topological polar surface area (TPSA) is 9.23 Å². The van der Waals surface area contributed by atoms with Crippen molar-refractivity contribution in [3.8, 4) is 5.75 Å². The third kappa shape index (κ3) is 2.75. The zero-order valence-corrected chi connectivity index (χ0v) is 8.61. The first kappa shape index (κ1) is 8.94. The number of ether oxygens (including phenoxy) is 1. The molecule has 0 fully saturated rings. The summed E-state index contributed by atoms with van der Waals surface area (Å²) in [5, 5.41) is 0. The van der Waals surface area contributed by atoms with E-state index in [9.17, 15) is 0 Å². The van der Waals surface area contributed by atoms with Crippen LogP contribution in [0.25, 0.3) is 0 Å². The summed E-state index contributed by atoms with van der Waals surface area (Å²) in [6.45, 7) is 0. The van der Waals surface area contributed by atoms with Crippen molar-refractivity contribution in [3.63, 3.8) is 0 Å². The lowest BCUT2D eigenvalue weighted by molar-refractivity contribution is 0.391. The van der Waals surface area contributed by atoms with E-state index in [1.807, 2.05) is 30.5 Å². The Morgan fingerprint density at radius 3 is 2.82 bits per heavy atom. The molecule has 0 aromatic heterocycles. The monoisotopic (exact) mass is 232 g/mol. The van der Waals surface area contributed by atoms with Crippen LogP contribution in [0.2, 0.25) is 0 Å². The van der Waals surface area contributed by atoms with Gasteiger partial charge in [-0.1, -0.05) is 12.1 Å². The van der Waals surface area contributed by atoms with Crippen LogP contribution in [-0.4, -0.2) is 12.2 Å². The Hall–Kier alpha value is -0.150. The van der Waals surface area contributed by atoms with Crippen LogP contribution in [-0.2, 0) is 0 Å². The Morgan fingerprint density at radius 1 is 1.45 bits per heavy atom. The predicted octanol–water partition coefficient (Wildman–Crippen LogP) is 3.15. The molecule has 0 heterocycles. The van der Waals surface area contributed by atoms with Crippen molar-refractivity contribution in [2.45, 2.75) is 0 Å². The number of halogens is 1. The Balaban J connectivity index is 2.62. The number of hydrogen-bond donors (Lipinski definition) is 0. The third-order valence-corrected chi connectivity index (χ3v) is 2.18. The highest BCUT2D eigenvalue weighted by Crippen LogP contribution is 2.24. The van der Waals surface area contributed by atoms with Crippen molar-refractivity contribution in [1.29, 1.82) is 0 Å². The van der Waals surface area contributed by atoms with Crippen molar-refractivity contribution >= 4 is 27.7 Å². The molecular weight excluding hydrogens is 224 g/mol. The maximum atomic E-state index is 5.40. The molecule has 1 aromatic rings. The summed E-state index contributed by atoms with van der Waals surface area (Å²) in [6, 6.07) is 7.84. The van der Waals surface area contributed by atoms with Crippen LogP contribution in [0.1, 0.15) is 0 Å². The standard InChI is InChI=1S/C8H9BrOS/c1-11-6-10-8-5-3-2-4-7(8)9/h2-5H,6H2,1H3. The normalized spacial score (nSPS) is 9.64. The van der Waals surface area contributed by atoms with Gasteiger partial charge in [-0.15, -0.1) is 11.8 Å². The average molecular weight is 233 g/mol. The second-order valence-electron chi connectivity index (χ2n) is 1.98. The molecule has 0 unspecified atom stereocenters. The molecule has 1 aromatic carbocycles. The Labute approximate surface area is 79.3 Å². The molecule has 60 valence electrons. The van der Waals surface area contributed by atoms with Gasteiger partial charge >= 0.3 is 0 Å². The fraction of sp³-hybridized carbons (Fsp3) is 0.250. The second-order valence-corrected chi connectivity index (χ2v) is 3.65. The minimum absolute atomic E-state index is 0.697. The lowest BCUT2D eigenvalue weighted by Crippen LogP contribution is -1.91. The zero-order chi connectivity index (χ0) is 8.10. The average Bonchev–Trinajstić information content (AvgIpc) is 2.03. The number of para-hydroxylation sites is 1. The van der Waals surface area contributed by atoms with E-state index < -0.39 is 0 Å². The molecule has 0 aliphatic carbocycles. The summed E-state index contributed by atoms with van der Waals surface area (Å²) in [5.74, 6) is 1.60. The summed E-state index contributed by atoms with van der Waals surface area (Å²) in [4.78, 5) is 0. The molecule has 0 N–H and O–H groups in total. The Morgan fingerprint density at radius 2 is 2.18 bits per heavy atom. The quantitative estimate of drug-likeness (QED) is 0.741. The van der Waals surface area contributed by atoms with Crippen LogP contribution < -0.4 is 4.74 Å². The van der Waals surface area contributed by atoms with E-state index in [2.05, 4.69) is 15.9 Å². The van der Waals surface area contributed by atoms with Gasteiger partial charge in [0, 0.05) is 0 Å². The summed E-state index contributed by atoms with van der Waals surface area (Å²) in [6.07, 6.45) is 2.01. The van der Waals surface area contributed by atoms with Crippen LogP contribution in [0.4, 0.5) is 0 Å². The van der Waals surface area contributed by atoms with Crippen molar-refractivity contribution in [2.24, 2.45) is 0 Å². The highest BCUT2D eigenvalue weighted by Gasteiger charge is 1.96. The fourth-order valence-corrected chi connectivity index (χ4v) is 1.33. The highest BCUT2D eigenvalue weighted by molar-refractivity contribution is 9.10. The third-order valence-electron chi connectivity index (χ3n) is 1.17. The molecule has 0 aliphatic rings. The van der Waals surface area contributed by atoms with Gasteiger partial charge in [0.25, 0.3) is 0 Å². The molecule has 0 radical (unpaired) electrons. The van der Waals surface area contributed by atoms with E-state index in [0.717, 1.165) is 10.2 Å². The molecule has 3 heteroatoms. The molecule has 0 atom stereocenters. The van der Waals surface area contributed by atoms with E-state index in [-0.39, 0.29) is 0 Å². The number of benzene rings is 1. The highest BCUT2D eigenvalue weighted by atomic mass is 79.9. The molecule has 0 amide bonds. The maximum Gasteiger partial charge on any atom is 0.134 e. The largest absolute Gasteiger partial charge is 0.482 e. The van der Waals surface area contributed by atoms with E-state index in [1.165, 1.54) is 0 Å². The van der Waals surface area contributed by atoms with Crippen molar-refractivity contribution in [1.82, 2.24) is 0 Å². The predicted molar refractivity (Wildman–Crippen MR) is 53.2 cm³/mol. The van der Waals surface area contributed by atoms with Gasteiger partial charge < -0.3 is 4.74 Å². The molecule has 0 saturated carbocycles. The number of rotatable bonds is 3. The van der Waals surface area contributed by atoms with Gasteiger partial charge in [-0.2, -0.15) is 0 Å². The van der Waals surface area contributed by atoms with Gasteiger partial charge in [-0.3, -0.25) is 0 Å². The lowest BCUT2D eigenvalue weighted by Gasteiger charge is -2.04. The minimum Gasteiger partial charge on any atom is -0.482 e. The van der Waals surface area contributed by atoms with Crippen LogP contribution in [0.3, 0.4) is 0 Å². The minimum atomic E-state index is 0.697. The fourth-order valence-electron chi connectivity index (χ4n) is 0.684. The zero-order valence-electron chi connectivity index (χ0n) is 6.21. The number of hydrogen-bond acceptors (Lipinski definition) is 2. The van der Waals surface area contributed by atoms with Gasteiger partial charge in [-0.25, -0.2) is 0 Å². The van der Waals surface area contributed by atoms with E-state index in [0.29, 0.717) is 5.94 Å². The molecule has 11 heavy (non-hydrogen) atoms. The summed E-state index contributed by atoms with van der Waals surface area (Å²) in [5.41, 5.74) is 0. The first-order valence-corrected chi connectivity index (χ1v) is 5.39. The summed E-state index contributed by atoms with van der Waals surface area (Å²) < 4.78 is 6.41. The smallest absolute Gasteiger partial charge is 0.134 e. The Kier molecular flexibility index (Phi) is 3.80. The maximum absolute atomic E-state index is 5.40. The summed E-state index contributed by atoms with van der Waals surface area (Å²) in [7, 11) is 0. The first-order chi connectivity index (χ1) is 5.34. The van der Waals surface area contributed by atoms with Crippen molar-refractivity contribution < 1.29 is 4.74 Å². The van der Waals surface area contributed by atoms with Gasteiger partial charge in [0.1, 0.15) is 11.7 Å². The molecule has 0 aliphatic heterocycles. The Bertz CT molecular complexity index is 227. The second kappa shape index (κ2) is 4.67. The van der Waals surface area contributed by atoms with Crippen molar-refractivity contribution in [2.75, 3.05) is 12.2 Å². The molecule has 0 bridgehead atoms. The van der Waals surface area contributed by atoms with E-state index in [4.69, 9.17) is 4.74 Å². The lowest BCUT2D eigenvalue weighted by atomic mass is 10.3. The van der Waals surface area contributed by atoms with Crippen LogP contribution >= 0.6 is 27.7 Å². The van der Waals surface area contributed by atoms with Gasteiger partial charge in [0.2, 0.25) is 0 Å². The van der Waals surface area contributed by atoms with Gasteiger partial charge in [0.05, 0.1) is 4.47 Å². The molecular formula is C8H9BrOS. The number of thioether (sulfide) groups is 1. The molecule has 1 nitrogen and oxygen atoms in total. The van der Waals surface area contributed by atoms with Crippen LogP contribution in [0.5, 0.6) is 5.75 Å². The van der Waals surface area contributed by atoms with Crippen LogP contribution in [0.15, 0.2) is 28.7 Å². The summed E-state index contributed by atoms with van der Waals surface area (Å²) >= 11 is 5.05. The molecule has 0 spiro atoms. The van der Waals surface area contributed by atoms with Gasteiger partial charge in [0.15, 0.2) is 0 Å².